The van der Waals surface area contributed by atoms with Crippen LogP contribution in [0.2, 0.25) is 0 Å². The van der Waals surface area contributed by atoms with Crippen LogP contribution in [0.4, 0.5) is 5.82 Å². The van der Waals surface area contributed by atoms with Crippen molar-refractivity contribution in [3.05, 3.63) is 24.0 Å². The van der Waals surface area contributed by atoms with E-state index in [2.05, 4.69) is 15.5 Å². The Morgan fingerprint density at radius 1 is 1.29 bits per heavy atom. The monoisotopic (exact) mass is 188 g/mol. The Hall–Kier alpha value is -1.91. The first-order chi connectivity index (χ1) is 6.84. The molecule has 0 aliphatic carbocycles. The average molecular weight is 188 g/mol. The number of rotatable bonds is 0. The van der Waals surface area contributed by atoms with Gasteiger partial charge in [0.2, 0.25) is 5.91 Å². The molecular formula is C9H8N4O. The minimum Gasteiger partial charge on any atom is -0.312 e. The molecule has 0 aromatic carbocycles. The number of nitrogens with zero attached hydrogens (tertiary/aromatic N) is 3. The van der Waals surface area contributed by atoms with E-state index < -0.39 is 0 Å². The SMILES string of the molecule is O=C1CCc2nnc3cccc(n23)N1. The summed E-state index contributed by atoms with van der Waals surface area (Å²) in [6.45, 7) is 0. The summed E-state index contributed by atoms with van der Waals surface area (Å²) in [5, 5.41) is 10.9. The summed E-state index contributed by atoms with van der Waals surface area (Å²) in [4.78, 5) is 11.3. The molecule has 0 bridgehead atoms. The molecule has 0 unspecified atom stereocenters. The molecule has 0 saturated heterocycles. The van der Waals surface area contributed by atoms with E-state index in [1.54, 1.807) is 0 Å². The highest BCUT2D eigenvalue weighted by Gasteiger charge is 2.16. The summed E-state index contributed by atoms with van der Waals surface area (Å²) >= 11 is 0. The zero-order valence-corrected chi connectivity index (χ0v) is 7.40. The highest BCUT2D eigenvalue weighted by Crippen LogP contribution is 2.17. The summed E-state index contributed by atoms with van der Waals surface area (Å²) < 4.78 is 1.88. The van der Waals surface area contributed by atoms with Crippen LogP contribution in [0.5, 0.6) is 0 Å². The number of carbonyl (C=O) groups excluding carboxylic acids is 1. The fourth-order valence-corrected chi connectivity index (χ4v) is 1.69. The predicted molar refractivity (Wildman–Crippen MR) is 49.9 cm³/mol. The van der Waals surface area contributed by atoms with Crippen LogP contribution in [0.3, 0.4) is 0 Å². The Bertz CT molecular complexity index is 517. The molecule has 5 nitrogen and oxygen atoms in total. The molecule has 1 amide bonds. The molecule has 3 rings (SSSR count). The van der Waals surface area contributed by atoms with Crippen LogP contribution >= 0.6 is 0 Å². The molecule has 14 heavy (non-hydrogen) atoms. The summed E-state index contributed by atoms with van der Waals surface area (Å²) in [5.74, 6) is 1.63. The molecule has 2 aromatic rings. The van der Waals surface area contributed by atoms with Gasteiger partial charge in [-0.3, -0.25) is 9.20 Å². The number of nitrogens with one attached hydrogen (secondary N) is 1. The van der Waals surface area contributed by atoms with Crippen molar-refractivity contribution in [3.63, 3.8) is 0 Å². The van der Waals surface area contributed by atoms with Crippen molar-refractivity contribution < 1.29 is 4.79 Å². The molecule has 0 fully saturated rings. The van der Waals surface area contributed by atoms with Crippen LogP contribution in [-0.4, -0.2) is 20.5 Å². The largest absolute Gasteiger partial charge is 0.312 e. The van der Waals surface area contributed by atoms with Crippen LogP contribution in [0.1, 0.15) is 12.2 Å². The Morgan fingerprint density at radius 2 is 2.21 bits per heavy atom. The Kier molecular flexibility index (Phi) is 1.36. The van der Waals surface area contributed by atoms with Gasteiger partial charge in [0, 0.05) is 12.8 Å². The van der Waals surface area contributed by atoms with Gasteiger partial charge in [-0.25, -0.2) is 0 Å². The number of aromatic nitrogens is 3. The maximum atomic E-state index is 11.3. The summed E-state index contributed by atoms with van der Waals surface area (Å²) in [5.41, 5.74) is 0.778. The van der Waals surface area contributed by atoms with Gasteiger partial charge >= 0.3 is 0 Å². The number of amides is 1. The van der Waals surface area contributed by atoms with Crippen LogP contribution in [0.25, 0.3) is 5.65 Å². The zero-order valence-electron chi connectivity index (χ0n) is 7.40. The van der Waals surface area contributed by atoms with E-state index in [9.17, 15) is 4.79 Å². The number of hydrogen-bond donors (Lipinski definition) is 1. The van der Waals surface area contributed by atoms with E-state index in [1.165, 1.54) is 0 Å². The van der Waals surface area contributed by atoms with E-state index in [0.29, 0.717) is 12.8 Å². The second kappa shape index (κ2) is 2.54. The molecule has 5 heteroatoms. The standard InChI is InChI=1S/C9H8N4O/c14-9-5-4-8-12-11-7-3-1-2-6(10-9)13(7)8/h1-3H,4-5H2,(H,10,14). The maximum absolute atomic E-state index is 11.3. The second-order valence-corrected chi connectivity index (χ2v) is 3.27. The van der Waals surface area contributed by atoms with E-state index in [1.807, 2.05) is 22.6 Å². The van der Waals surface area contributed by atoms with Gasteiger partial charge in [0.25, 0.3) is 0 Å². The second-order valence-electron chi connectivity index (χ2n) is 3.27. The van der Waals surface area contributed by atoms with Crippen LogP contribution in [-0.2, 0) is 11.2 Å². The van der Waals surface area contributed by atoms with Crippen molar-refractivity contribution in [1.82, 2.24) is 14.6 Å². The third kappa shape index (κ3) is 0.921. The molecule has 1 aliphatic heterocycles. The highest BCUT2D eigenvalue weighted by atomic mass is 16.1. The van der Waals surface area contributed by atoms with Gasteiger partial charge in [0.15, 0.2) is 5.65 Å². The first-order valence-corrected chi connectivity index (χ1v) is 4.47. The fourth-order valence-electron chi connectivity index (χ4n) is 1.69. The highest BCUT2D eigenvalue weighted by molar-refractivity contribution is 5.91. The van der Waals surface area contributed by atoms with Crippen molar-refractivity contribution >= 4 is 17.4 Å². The van der Waals surface area contributed by atoms with Gasteiger partial charge in [0.1, 0.15) is 11.6 Å². The lowest BCUT2D eigenvalue weighted by atomic mass is 10.3. The Morgan fingerprint density at radius 3 is 3.14 bits per heavy atom. The number of pyridine rings is 1. The van der Waals surface area contributed by atoms with Crippen LogP contribution in [0.15, 0.2) is 18.2 Å². The van der Waals surface area contributed by atoms with Gasteiger partial charge in [-0.05, 0) is 12.1 Å². The van der Waals surface area contributed by atoms with Gasteiger partial charge in [-0.15, -0.1) is 10.2 Å². The third-order valence-electron chi connectivity index (χ3n) is 2.34. The zero-order chi connectivity index (χ0) is 9.54. The normalized spacial score (nSPS) is 15.3. The lowest BCUT2D eigenvalue weighted by Crippen LogP contribution is -2.10. The molecule has 1 N–H and O–H groups in total. The Labute approximate surface area is 79.8 Å². The lowest BCUT2D eigenvalue weighted by Gasteiger charge is -2.03. The molecule has 0 atom stereocenters. The van der Waals surface area contributed by atoms with Crippen LogP contribution in [0, 0.1) is 0 Å². The van der Waals surface area contributed by atoms with Crippen molar-refractivity contribution in [2.24, 2.45) is 0 Å². The molecule has 2 aromatic heterocycles. The first kappa shape index (κ1) is 7.49. The van der Waals surface area contributed by atoms with Crippen molar-refractivity contribution in [2.75, 3.05) is 5.32 Å². The summed E-state index contributed by atoms with van der Waals surface area (Å²) in [6, 6.07) is 5.58. The number of aryl methyl sites for hydroxylation is 1. The quantitative estimate of drug-likeness (QED) is 0.659. The van der Waals surface area contributed by atoms with Crippen molar-refractivity contribution in [2.45, 2.75) is 12.8 Å². The number of carbonyl (C=O) groups is 1. The lowest BCUT2D eigenvalue weighted by molar-refractivity contribution is -0.116. The van der Waals surface area contributed by atoms with Crippen molar-refractivity contribution in [3.8, 4) is 0 Å². The average Bonchev–Trinajstić information content (AvgIpc) is 2.51. The summed E-state index contributed by atoms with van der Waals surface area (Å²) in [6.07, 6.45) is 1.11. The van der Waals surface area contributed by atoms with Crippen molar-refractivity contribution in [1.29, 1.82) is 0 Å². The van der Waals surface area contributed by atoms with E-state index in [-0.39, 0.29) is 5.91 Å². The van der Waals surface area contributed by atoms with Gasteiger partial charge < -0.3 is 5.32 Å². The van der Waals surface area contributed by atoms with Gasteiger partial charge in [-0.2, -0.15) is 0 Å². The Balaban J connectivity index is 2.36. The van der Waals surface area contributed by atoms with Gasteiger partial charge in [-0.1, -0.05) is 6.07 Å². The fraction of sp³-hybridized carbons (Fsp3) is 0.222. The number of anilines is 1. The molecule has 0 radical (unpaired) electrons. The van der Waals surface area contributed by atoms with E-state index in [4.69, 9.17) is 0 Å². The minimum absolute atomic E-state index is 0.0306. The third-order valence-corrected chi connectivity index (χ3v) is 2.34. The molecule has 0 spiro atoms. The molecular weight excluding hydrogens is 180 g/mol. The van der Waals surface area contributed by atoms with Crippen LogP contribution < -0.4 is 5.32 Å². The smallest absolute Gasteiger partial charge is 0.225 e. The van der Waals surface area contributed by atoms with Gasteiger partial charge in [0.05, 0.1) is 0 Å². The first-order valence-electron chi connectivity index (χ1n) is 4.47. The van der Waals surface area contributed by atoms with E-state index in [0.717, 1.165) is 17.3 Å². The van der Waals surface area contributed by atoms with E-state index >= 15 is 0 Å². The molecule has 1 aliphatic rings. The predicted octanol–water partition coefficient (Wildman–Crippen LogP) is 0.614. The summed E-state index contributed by atoms with van der Waals surface area (Å²) in [7, 11) is 0. The number of hydrogen-bond acceptors (Lipinski definition) is 3. The molecule has 70 valence electrons. The molecule has 0 saturated carbocycles. The minimum atomic E-state index is 0.0306. The maximum Gasteiger partial charge on any atom is 0.225 e. The molecule has 3 heterocycles. The topological polar surface area (TPSA) is 59.3 Å².